The van der Waals surface area contributed by atoms with Crippen LogP contribution in [-0.4, -0.2) is 29.3 Å². The van der Waals surface area contributed by atoms with Crippen molar-refractivity contribution in [3.05, 3.63) is 29.8 Å². The summed E-state index contributed by atoms with van der Waals surface area (Å²) in [7, 11) is 1.68. The van der Waals surface area contributed by atoms with Gasteiger partial charge in [0.05, 0.1) is 12.7 Å². The van der Waals surface area contributed by atoms with E-state index in [-0.39, 0.29) is 5.41 Å². The smallest absolute Gasteiger partial charge is 0.118 e. The summed E-state index contributed by atoms with van der Waals surface area (Å²) in [4.78, 5) is 0. The average Bonchev–Trinajstić information content (AvgIpc) is 2.35. The van der Waals surface area contributed by atoms with Crippen LogP contribution in [0.15, 0.2) is 24.3 Å². The van der Waals surface area contributed by atoms with Crippen LogP contribution >= 0.6 is 11.8 Å². The summed E-state index contributed by atoms with van der Waals surface area (Å²) < 4.78 is 5.16. The number of ether oxygens (including phenoxy) is 1. The lowest BCUT2D eigenvalue weighted by Crippen LogP contribution is -2.42. The second-order valence-electron chi connectivity index (χ2n) is 6.41. The van der Waals surface area contributed by atoms with Crippen LogP contribution in [-0.2, 0) is 6.42 Å². The molecule has 2 rings (SSSR count). The lowest BCUT2D eigenvalue weighted by Gasteiger charge is -2.41. The normalized spacial score (nSPS) is 26.1. The van der Waals surface area contributed by atoms with Crippen LogP contribution in [0.2, 0.25) is 0 Å². The van der Waals surface area contributed by atoms with Crippen LogP contribution in [0.1, 0.15) is 32.3 Å². The maximum absolute atomic E-state index is 10.7. The standard InChI is InChI=1S/C16H24O2S/c1-15(2)10-16(17,12-19-11-15)9-8-13-4-6-14(18-3)7-5-13/h4-7,17H,8-12H2,1-3H3. The Bertz CT molecular complexity index is 413. The molecule has 0 radical (unpaired) electrons. The van der Waals surface area contributed by atoms with E-state index < -0.39 is 5.60 Å². The molecule has 0 aromatic heterocycles. The van der Waals surface area contributed by atoms with Crippen LogP contribution in [0.3, 0.4) is 0 Å². The van der Waals surface area contributed by atoms with E-state index in [4.69, 9.17) is 4.74 Å². The molecule has 1 N–H and O–H groups in total. The molecule has 106 valence electrons. The highest BCUT2D eigenvalue weighted by Crippen LogP contribution is 2.41. The second-order valence-corrected chi connectivity index (χ2v) is 7.39. The van der Waals surface area contributed by atoms with Gasteiger partial charge in [0, 0.05) is 5.75 Å². The first-order chi connectivity index (χ1) is 8.92. The molecule has 0 amide bonds. The molecule has 0 saturated carbocycles. The first kappa shape index (κ1) is 14.7. The molecule has 1 aromatic carbocycles. The summed E-state index contributed by atoms with van der Waals surface area (Å²) in [5.41, 5.74) is 1.01. The summed E-state index contributed by atoms with van der Waals surface area (Å²) in [5, 5.41) is 10.7. The highest BCUT2D eigenvalue weighted by molar-refractivity contribution is 7.99. The zero-order valence-corrected chi connectivity index (χ0v) is 12.9. The van der Waals surface area contributed by atoms with Crippen molar-refractivity contribution in [1.82, 2.24) is 0 Å². The summed E-state index contributed by atoms with van der Waals surface area (Å²) in [5.74, 6) is 2.90. The van der Waals surface area contributed by atoms with Crippen LogP contribution in [0, 0.1) is 5.41 Å². The number of aryl methyl sites for hydroxylation is 1. The number of aliphatic hydroxyl groups is 1. The monoisotopic (exact) mass is 280 g/mol. The average molecular weight is 280 g/mol. The number of hydrogen-bond acceptors (Lipinski definition) is 3. The van der Waals surface area contributed by atoms with Gasteiger partial charge in [-0.3, -0.25) is 0 Å². The van der Waals surface area contributed by atoms with Gasteiger partial charge in [-0.2, -0.15) is 11.8 Å². The third kappa shape index (κ3) is 4.15. The van der Waals surface area contributed by atoms with Crippen molar-refractivity contribution in [2.45, 2.75) is 38.7 Å². The highest BCUT2D eigenvalue weighted by atomic mass is 32.2. The van der Waals surface area contributed by atoms with Gasteiger partial charge in [0.15, 0.2) is 0 Å². The molecule has 1 heterocycles. The molecule has 1 fully saturated rings. The first-order valence-corrected chi connectivity index (χ1v) is 8.01. The minimum absolute atomic E-state index is 0.248. The van der Waals surface area contributed by atoms with Gasteiger partial charge in [0.1, 0.15) is 5.75 Å². The van der Waals surface area contributed by atoms with Gasteiger partial charge in [-0.1, -0.05) is 26.0 Å². The number of hydrogen-bond donors (Lipinski definition) is 1. The Morgan fingerprint density at radius 2 is 1.89 bits per heavy atom. The summed E-state index contributed by atoms with van der Waals surface area (Å²) in [6, 6.07) is 8.14. The van der Waals surface area contributed by atoms with Crippen LogP contribution < -0.4 is 4.74 Å². The van der Waals surface area contributed by atoms with E-state index in [0.29, 0.717) is 0 Å². The third-order valence-corrected chi connectivity index (χ3v) is 5.44. The van der Waals surface area contributed by atoms with Crippen molar-refractivity contribution in [2.75, 3.05) is 18.6 Å². The molecule has 1 atom stereocenters. The predicted molar refractivity (Wildman–Crippen MR) is 82.0 cm³/mol. The third-order valence-electron chi connectivity index (χ3n) is 3.71. The summed E-state index contributed by atoms with van der Waals surface area (Å²) >= 11 is 1.88. The first-order valence-electron chi connectivity index (χ1n) is 6.86. The summed E-state index contributed by atoms with van der Waals surface area (Å²) in [6.45, 7) is 4.50. The molecular formula is C16H24O2S. The lowest BCUT2D eigenvalue weighted by molar-refractivity contribution is 0.0122. The Hall–Kier alpha value is -0.670. The Kier molecular flexibility index (Phi) is 4.46. The number of methoxy groups -OCH3 is 1. The lowest BCUT2D eigenvalue weighted by atomic mass is 9.79. The molecule has 1 aliphatic heterocycles. The van der Waals surface area contributed by atoms with Crippen molar-refractivity contribution in [3.8, 4) is 5.75 Å². The zero-order chi connectivity index (χ0) is 13.9. The molecule has 3 heteroatoms. The number of thioether (sulfide) groups is 1. The number of benzene rings is 1. The Morgan fingerprint density at radius 1 is 1.21 bits per heavy atom. The summed E-state index contributed by atoms with van der Waals surface area (Å²) in [6.07, 6.45) is 2.68. The molecule has 1 aromatic rings. The van der Waals surface area contributed by atoms with E-state index in [1.54, 1.807) is 7.11 Å². The van der Waals surface area contributed by atoms with E-state index in [2.05, 4.69) is 26.0 Å². The largest absolute Gasteiger partial charge is 0.497 e. The topological polar surface area (TPSA) is 29.5 Å². The van der Waals surface area contributed by atoms with E-state index in [1.807, 2.05) is 23.9 Å². The van der Waals surface area contributed by atoms with Gasteiger partial charge in [0.2, 0.25) is 0 Å². The van der Waals surface area contributed by atoms with E-state index >= 15 is 0 Å². The Morgan fingerprint density at radius 3 is 2.47 bits per heavy atom. The molecule has 1 saturated heterocycles. The fourth-order valence-corrected chi connectivity index (χ4v) is 4.22. The van der Waals surface area contributed by atoms with Gasteiger partial charge >= 0.3 is 0 Å². The van der Waals surface area contributed by atoms with Crippen molar-refractivity contribution in [2.24, 2.45) is 5.41 Å². The quantitative estimate of drug-likeness (QED) is 0.915. The second kappa shape index (κ2) is 5.76. The van der Waals surface area contributed by atoms with Gasteiger partial charge in [-0.15, -0.1) is 0 Å². The van der Waals surface area contributed by atoms with Gasteiger partial charge in [-0.05, 0) is 48.1 Å². The number of rotatable bonds is 4. The maximum Gasteiger partial charge on any atom is 0.118 e. The maximum atomic E-state index is 10.7. The fourth-order valence-electron chi connectivity index (χ4n) is 2.84. The van der Waals surface area contributed by atoms with E-state index in [1.165, 1.54) is 5.56 Å². The molecule has 0 aliphatic carbocycles. The molecule has 0 spiro atoms. The Labute approximate surface area is 120 Å². The minimum Gasteiger partial charge on any atom is -0.497 e. The van der Waals surface area contributed by atoms with E-state index in [0.717, 1.165) is 36.5 Å². The molecule has 2 nitrogen and oxygen atoms in total. The predicted octanol–water partition coefficient (Wildman–Crippen LogP) is 3.52. The van der Waals surface area contributed by atoms with Gasteiger partial charge < -0.3 is 9.84 Å². The van der Waals surface area contributed by atoms with Crippen molar-refractivity contribution in [3.63, 3.8) is 0 Å². The van der Waals surface area contributed by atoms with E-state index in [9.17, 15) is 5.11 Å². The zero-order valence-electron chi connectivity index (χ0n) is 12.1. The molecule has 1 aliphatic rings. The van der Waals surface area contributed by atoms with Gasteiger partial charge in [-0.25, -0.2) is 0 Å². The van der Waals surface area contributed by atoms with Crippen molar-refractivity contribution < 1.29 is 9.84 Å². The SMILES string of the molecule is COc1ccc(CCC2(O)CSCC(C)(C)C2)cc1. The molecular weight excluding hydrogens is 256 g/mol. The molecule has 1 unspecified atom stereocenters. The molecule has 0 bridgehead atoms. The van der Waals surface area contributed by atoms with Crippen LogP contribution in [0.5, 0.6) is 5.75 Å². The van der Waals surface area contributed by atoms with Crippen molar-refractivity contribution >= 4 is 11.8 Å². The minimum atomic E-state index is -0.508. The van der Waals surface area contributed by atoms with Crippen molar-refractivity contribution in [1.29, 1.82) is 0 Å². The van der Waals surface area contributed by atoms with Gasteiger partial charge in [0.25, 0.3) is 0 Å². The molecule has 19 heavy (non-hydrogen) atoms. The highest BCUT2D eigenvalue weighted by Gasteiger charge is 2.38. The fraction of sp³-hybridized carbons (Fsp3) is 0.625. The van der Waals surface area contributed by atoms with Crippen LogP contribution in [0.25, 0.3) is 0 Å². The van der Waals surface area contributed by atoms with Crippen LogP contribution in [0.4, 0.5) is 0 Å². The Balaban J connectivity index is 1.93.